The van der Waals surface area contributed by atoms with Gasteiger partial charge in [0, 0.05) is 48.8 Å². The van der Waals surface area contributed by atoms with Gasteiger partial charge in [0.1, 0.15) is 47.1 Å². The molecule has 0 saturated carbocycles. The molecule has 0 spiro atoms. The zero-order chi connectivity index (χ0) is 38.2. The highest BCUT2D eigenvalue weighted by molar-refractivity contribution is 6.44. The Bertz CT molecular complexity index is 2460. The number of ether oxygens (including phenoxy) is 1. The van der Waals surface area contributed by atoms with Crippen LogP contribution in [-0.2, 0) is 4.79 Å². The Kier molecular flexibility index (Phi) is 8.42. The monoisotopic (exact) mass is 745 g/mol. The number of aromatic nitrogens is 3. The number of halogens is 3. The smallest absolute Gasteiger partial charge is 0.319 e. The van der Waals surface area contributed by atoms with Gasteiger partial charge in [-0.05, 0) is 68.8 Å². The first-order chi connectivity index (χ1) is 26.5. The lowest BCUT2D eigenvalue weighted by atomic mass is 9.95. The highest BCUT2D eigenvalue weighted by atomic mass is 19.1. The number of fused-ring (bicyclic) bond motifs is 5. The van der Waals surface area contributed by atoms with E-state index in [9.17, 15) is 18.7 Å². The summed E-state index contributed by atoms with van der Waals surface area (Å²) in [4.78, 5) is 33.6. The number of anilines is 1. The van der Waals surface area contributed by atoms with E-state index in [1.807, 2.05) is 30.0 Å². The lowest BCUT2D eigenvalue weighted by Gasteiger charge is -2.42. The molecule has 3 aromatic carbocycles. The number of aryl methyl sites for hydroxylation is 1. The number of phenols is 1. The highest BCUT2D eigenvalue weighted by Crippen LogP contribution is 2.42. The number of nitrogens with zero attached hydrogens (tertiary/aromatic N) is 6. The maximum atomic E-state index is 17.1. The van der Waals surface area contributed by atoms with Crippen LogP contribution in [0.4, 0.5) is 19.0 Å². The summed E-state index contributed by atoms with van der Waals surface area (Å²) in [5.74, 6) is 0.680. The standard InChI is InChI=1S/C42H38F3N7O3/c1-3-30-33(44)11-8-24-15-29(53)16-31(34(24)30)37-35(45)38-32(18-47-37)39(49-41(48-38)55-22-42-12-5-13-51(42)19-26(43)17-42)50-20-27-9-10-28(21-50)52(27)40(54)36(46)25-7-4-6-23(2)14-25/h1,4,6-8,11,14-16,18,26-28,46,53H,5,9-10,12-13,17,19-22H2,2H3. The first-order valence-corrected chi connectivity index (χ1v) is 18.6. The maximum Gasteiger partial charge on any atom is 0.319 e. The highest BCUT2D eigenvalue weighted by Gasteiger charge is 2.50. The predicted molar refractivity (Wildman–Crippen MR) is 202 cm³/mol. The van der Waals surface area contributed by atoms with Crippen LogP contribution in [0.5, 0.6) is 11.8 Å². The van der Waals surface area contributed by atoms with Crippen molar-refractivity contribution in [1.82, 2.24) is 24.8 Å². The molecule has 4 aliphatic rings. The SMILES string of the molecule is C#Cc1c(F)ccc2cc(O)cc(-c3ncc4c(N5CC6CCC(C5)N6C(=O)C(=N)c5cccc(C)c5)nc(OCC56CCCN5CC(F)C6)nc4c3F)c12. The van der Waals surface area contributed by atoms with E-state index < -0.39 is 23.3 Å². The fraction of sp³-hybridized carbons (Fsp3) is 0.357. The van der Waals surface area contributed by atoms with Crippen molar-refractivity contribution in [2.75, 3.05) is 37.7 Å². The third-order valence-electron chi connectivity index (χ3n) is 11.9. The summed E-state index contributed by atoms with van der Waals surface area (Å²) >= 11 is 0. The van der Waals surface area contributed by atoms with E-state index in [2.05, 4.69) is 20.8 Å². The molecule has 2 aromatic heterocycles. The molecule has 0 aliphatic carbocycles. The van der Waals surface area contributed by atoms with Crippen molar-refractivity contribution in [1.29, 1.82) is 5.41 Å². The molecule has 280 valence electrons. The molecule has 0 radical (unpaired) electrons. The fourth-order valence-corrected chi connectivity index (χ4v) is 9.38. The first-order valence-electron chi connectivity index (χ1n) is 18.6. The van der Waals surface area contributed by atoms with Gasteiger partial charge in [-0.15, -0.1) is 6.42 Å². The van der Waals surface area contributed by atoms with Crippen LogP contribution in [0.1, 0.15) is 48.8 Å². The van der Waals surface area contributed by atoms with Crippen molar-refractivity contribution in [2.24, 2.45) is 0 Å². The molecule has 2 N–H and O–H groups in total. The number of aromatic hydroxyl groups is 1. The largest absolute Gasteiger partial charge is 0.508 e. The molecule has 4 unspecified atom stereocenters. The van der Waals surface area contributed by atoms with Gasteiger partial charge >= 0.3 is 6.01 Å². The Labute approximate surface area is 315 Å². The molecular weight excluding hydrogens is 708 g/mol. The lowest BCUT2D eigenvalue weighted by molar-refractivity contribution is -0.127. The average molecular weight is 746 g/mol. The first kappa shape index (κ1) is 35.0. The molecule has 4 aliphatic heterocycles. The number of amides is 1. The number of carbonyl (C=O) groups excluding carboxylic acids is 1. The van der Waals surface area contributed by atoms with E-state index in [0.29, 0.717) is 48.2 Å². The third kappa shape index (κ3) is 5.82. The van der Waals surface area contributed by atoms with Gasteiger partial charge in [-0.3, -0.25) is 20.1 Å². The summed E-state index contributed by atoms with van der Waals surface area (Å²) in [7, 11) is 0. The molecule has 6 heterocycles. The Morgan fingerprint density at radius 2 is 1.91 bits per heavy atom. The van der Waals surface area contributed by atoms with Crippen LogP contribution >= 0.6 is 0 Å². The van der Waals surface area contributed by atoms with Crippen LogP contribution < -0.4 is 9.64 Å². The summed E-state index contributed by atoms with van der Waals surface area (Å²) in [6.07, 6.45) is 9.63. The molecule has 2 bridgehead atoms. The van der Waals surface area contributed by atoms with E-state index in [1.54, 1.807) is 11.0 Å². The topological polar surface area (TPSA) is 119 Å². The third-order valence-corrected chi connectivity index (χ3v) is 11.9. The van der Waals surface area contributed by atoms with E-state index >= 15 is 4.39 Å². The minimum atomic E-state index is -0.972. The number of carbonyl (C=O) groups is 1. The van der Waals surface area contributed by atoms with E-state index in [4.69, 9.17) is 21.6 Å². The minimum absolute atomic E-state index is 0.0638. The van der Waals surface area contributed by atoms with Crippen molar-refractivity contribution >= 4 is 39.1 Å². The van der Waals surface area contributed by atoms with E-state index in [-0.39, 0.29) is 69.8 Å². The molecule has 9 rings (SSSR count). The molecule has 1 amide bonds. The predicted octanol–water partition coefficient (Wildman–Crippen LogP) is 6.32. The summed E-state index contributed by atoms with van der Waals surface area (Å²) in [5, 5.41) is 20.3. The Morgan fingerprint density at radius 1 is 1.11 bits per heavy atom. The summed E-state index contributed by atoms with van der Waals surface area (Å²) in [5.41, 5.74) is 0.629. The number of terminal acetylenes is 1. The number of rotatable bonds is 7. The Morgan fingerprint density at radius 3 is 2.67 bits per heavy atom. The number of benzene rings is 3. The number of pyridine rings is 1. The summed E-state index contributed by atoms with van der Waals surface area (Å²) < 4.78 is 53.0. The molecule has 5 aromatic rings. The van der Waals surface area contributed by atoms with Gasteiger partial charge in [0.05, 0.1) is 28.6 Å². The number of phenolic OH excluding ortho intramolecular Hbond substituents is 1. The molecule has 13 heteroatoms. The van der Waals surface area contributed by atoms with Crippen molar-refractivity contribution < 1.29 is 27.8 Å². The second-order valence-electron chi connectivity index (χ2n) is 15.3. The Hall–Kier alpha value is -5.74. The zero-order valence-electron chi connectivity index (χ0n) is 30.2. The van der Waals surface area contributed by atoms with Crippen LogP contribution in [0.2, 0.25) is 0 Å². The number of hydrogen-bond acceptors (Lipinski definition) is 9. The summed E-state index contributed by atoms with van der Waals surface area (Å²) in [6, 6.07) is 12.2. The van der Waals surface area contributed by atoms with E-state index in [1.165, 1.54) is 30.5 Å². The van der Waals surface area contributed by atoms with Crippen molar-refractivity contribution in [2.45, 2.75) is 62.8 Å². The number of alkyl halides is 1. The molecular formula is C42H38F3N7O3. The van der Waals surface area contributed by atoms with Crippen LogP contribution in [0.25, 0.3) is 32.9 Å². The number of hydrogen-bond donors (Lipinski definition) is 2. The normalized spacial score (nSPS) is 23.4. The molecule has 4 fully saturated rings. The van der Waals surface area contributed by atoms with Gasteiger partial charge in [-0.2, -0.15) is 9.97 Å². The van der Waals surface area contributed by atoms with Gasteiger partial charge in [-0.25, -0.2) is 13.2 Å². The molecule has 4 saturated heterocycles. The zero-order valence-corrected chi connectivity index (χ0v) is 30.2. The Balaban J connectivity index is 1.12. The van der Waals surface area contributed by atoms with Crippen LogP contribution in [0.3, 0.4) is 0 Å². The number of nitrogens with one attached hydrogen (secondary N) is 1. The van der Waals surface area contributed by atoms with Gasteiger partial charge in [-0.1, -0.05) is 35.7 Å². The average Bonchev–Trinajstić information content (AvgIpc) is 3.79. The van der Waals surface area contributed by atoms with Gasteiger partial charge < -0.3 is 19.6 Å². The fourth-order valence-electron chi connectivity index (χ4n) is 9.38. The van der Waals surface area contributed by atoms with Crippen LogP contribution in [-0.4, -0.2) is 98.1 Å². The lowest BCUT2D eigenvalue weighted by Crippen LogP contribution is -2.57. The molecule has 55 heavy (non-hydrogen) atoms. The second-order valence-corrected chi connectivity index (χ2v) is 15.3. The van der Waals surface area contributed by atoms with Crippen molar-refractivity contribution in [3.63, 3.8) is 0 Å². The second kappa shape index (κ2) is 13.2. The van der Waals surface area contributed by atoms with Crippen molar-refractivity contribution in [3.8, 4) is 35.4 Å². The quantitative estimate of drug-likeness (QED) is 0.147. The molecule has 4 atom stereocenters. The van der Waals surface area contributed by atoms with Gasteiger partial charge in [0.25, 0.3) is 5.91 Å². The van der Waals surface area contributed by atoms with Gasteiger partial charge in [0.15, 0.2) is 5.82 Å². The van der Waals surface area contributed by atoms with Crippen LogP contribution in [0, 0.1) is 36.3 Å². The minimum Gasteiger partial charge on any atom is -0.508 e. The maximum absolute atomic E-state index is 17.1. The number of piperazine rings is 1. The van der Waals surface area contributed by atoms with Crippen LogP contribution in [0.15, 0.2) is 54.7 Å². The molecule has 10 nitrogen and oxygen atoms in total. The summed E-state index contributed by atoms with van der Waals surface area (Å²) in [6.45, 7) is 3.87. The van der Waals surface area contributed by atoms with Gasteiger partial charge in [0.2, 0.25) is 0 Å². The van der Waals surface area contributed by atoms with E-state index in [0.717, 1.165) is 37.8 Å². The van der Waals surface area contributed by atoms with Crippen molar-refractivity contribution in [3.05, 3.63) is 83.1 Å².